The van der Waals surface area contributed by atoms with E-state index in [9.17, 15) is 24.5 Å². The fourth-order valence-electron chi connectivity index (χ4n) is 6.13. The lowest BCUT2D eigenvalue weighted by Gasteiger charge is -2.55. The zero-order valence-corrected chi connectivity index (χ0v) is 21.2. The van der Waals surface area contributed by atoms with Gasteiger partial charge in [0.2, 0.25) is 11.8 Å². The van der Waals surface area contributed by atoms with Crippen molar-refractivity contribution in [3.8, 4) is 0 Å². The molecule has 3 heterocycles. The van der Waals surface area contributed by atoms with E-state index in [-0.39, 0.29) is 18.7 Å². The van der Waals surface area contributed by atoms with E-state index in [0.29, 0.717) is 31.7 Å². The van der Waals surface area contributed by atoms with E-state index >= 15 is 0 Å². The predicted molar refractivity (Wildman–Crippen MR) is 143 cm³/mol. The van der Waals surface area contributed by atoms with E-state index in [1.165, 1.54) is 12.1 Å². The number of nitrogens with zero attached hydrogens (tertiary/aromatic N) is 4. The number of amides is 4. The number of carbonyl (C=O) groups is 3. The molecule has 39 heavy (non-hydrogen) atoms. The van der Waals surface area contributed by atoms with Gasteiger partial charge in [-0.1, -0.05) is 60.7 Å². The van der Waals surface area contributed by atoms with Crippen molar-refractivity contribution < 1.29 is 19.3 Å². The SMILES string of the molecule is O=C1NC(=O)[C@]2(Cc3cc([N+](=O)[O-])ccc3N3CCN(Cc4ccccc4)C[C@@H]32)C(=O)N1Cc1ccccc1. The van der Waals surface area contributed by atoms with Crippen LogP contribution in [-0.2, 0) is 29.1 Å². The van der Waals surface area contributed by atoms with Gasteiger partial charge in [0, 0.05) is 50.4 Å². The highest BCUT2D eigenvalue weighted by molar-refractivity contribution is 6.20. The molecule has 1 spiro atoms. The first-order chi connectivity index (χ1) is 18.9. The van der Waals surface area contributed by atoms with Gasteiger partial charge in [0.25, 0.3) is 5.69 Å². The molecule has 3 aromatic carbocycles. The summed E-state index contributed by atoms with van der Waals surface area (Å²) in [5, 5.41) is 14.0. The number of rotatable bonds is 5. The summed E-state index contributed by atoms with van der Waals surface area (Å²) in [5.41, 5.74) is 1.47. The van der Waals surface area contributed by atoms with Crippen molar-refractivity contribution in [3.63, 3.8) is 0 Å². The van der Waals surface area contributed by atoms with Gasteiger partial charge in [-0.2, -0.15) is 0 Å². The molecule has 0 aliphatic carbocycles. The number of hydrogen-bond donors (Lipinski definition) is 1. The van der Waals surface area contributed by atoms with Gasteiger partial charge in [-0.25, -0.2) is 4.79 Å². The fraction of sp³-hybridized carbons (Fsp3) is 0.276. The Morgan fingerprint density at radius 1 is 0.897 bits per heavy atom. The maximum atomic E-state index is 14.3. The first-order valence-corrected chi connectivity index (χ1v) is 12.9. The van der Waals surface area contributed by atoms with Crippen LogP contribution in [0.4, 0.5) is 16.2 Å². The molecule has 10 heteroatoms. The predicted octanol–water partition coefficient (Wildman–Crippen LogP) is 3.11. The molecule has 3 aliphatic heterocycles. The van der Waals surface area contributed by atoms with Crippen LogP contribution in [-0.4, -0.2) is 58.2 Å². The van der Waals surface area contributed by atoms with Crippen LogP contribution in [0.15, 0.2) is 78.9 Å². The first kappa shape index (κ1) is 24.7. The first-order valence-electron chi connectivity index (χ1n) is 12.9. The minimum atomic E-state index is -1.62. The summed E-state index contributed by atoms with van der Waals surface area (Å²) in [5.74, 6) is -1.23. The molecule has 0 saturated carbocycles. The van der Waals surface area contributed by atoms with Gasteiger partial charge >= 0.3 is 6.03 Å². The second-order valence-electron chi connectivity index (χ2n) is 10.3. The summed E-state index contributed by atoms with van der Waals surface area (Å²) in [4.78, 5) is 57.5. The molecule has 1 N–H and O–H groups in total. The van der Waals surface area contributed by atoms with Crippen LogP contribution in [0.25, 0.3) is 0 Å². The topological polar surface area (TPSA) is 116 Å². The fourth-order valence-corrected chi connectivity index (χ4v) is 6.13. The number of piperazine rings is 1. The lowest BCUT2D eigenvalue weighted by Crippen LogP contribution is -2.75. The van der Waals surface area contributed by atoms with Crippen LogP contribution in [0.2, 0.25) is 0 Å². The third kappa shape index (κ3) is 4.22. The number of imide groups is 2. The van der Waals surface area contributed by atoms with Crippen LogP contribution < -0.4 is 10.2 Å². The number of anilines is 1. The molecule has 0 aromatic heterocycles. The van der Waals surface area contributed by atoms with Crippen molar-refractivity contribution in [2.24, 2.45) is 5.41 Å². The Morgan fingerprint density at radius 3 is 2.23 bits per heavy atom. The normalized spacial score (nSPS) is 22.9. The Balaban J connectivity index is 1.42. The summed E-state index contributed by atoms with van der Waals surface area (Å²) >= 11 is 0. The standard InChI is InChI=1S/C29H27N5O5/c35-26-29(27(36)33(28(37)30-26)18-21-9-5-2-6-10-21)16-22-15-23(34(38)39)11-12-24(22)32-14-13-31(19-25(29)32)17-20-7-3-1-4-8-20/h1-12,15,25H,13-14,16-19H2,(H,30,35,37)/t25-,29-/m1/s1. The number of urea groups is 1. The molecule has 2 atom stereocenters. The van der Waals surface area contributed by atoms with Crippen LogP contribution in [0.1, 0.15) is 16.7 Å². The number of fused-ring (bicyclic) bond motifs is 4. The Bertz CT molecular complexity index is 1460. The summed E-state index contributed by atoms with van der Waals surface area (Å²) in [6.45, 7) is 2.29. The van der Waals surface area contributed by atoms with Crippen LogP contribution in [0.5, 0.6) is 0 Å². The Kier molecular flexibility index (Phi) is 6.11. The van der Waals surface area contributed by atoms with Crippen LogP contribution in [0, 0.1) is 15.5 Å². The minimum absolute atomic E-state index is 0.0166. The van der Waals surface area contributed by atoms with E-state index in [1.54, 1.807) is 6.07 Å². The summed E-state index contributed by atoms with van der Waals surface area (Å²) in [7, 11) is 0. The third-order valence-corrected chi connectivity index (χ3v) is 8.02. The Hall–Kier alpha value is -4.57. The Labute approximate surface area is 225 Å². The number of non-ortho nitro benzene ring substituents is 1. The summed E-state index contributed by atoms with van der Waals surface area (Å²) < 4.78 is 0. The number of nitro benzene ring substituents is 1. The number of benzene rings is 3. The van der Waals surface area contributed by atoms with Gasteiger partial charge in [-0.3, -0.25) is 34.8 Å². The van der Waals surface area contributed by atoms with Gasteiger partial charge in [0.15, 0.2) is 5.41 Å². The quantitative estimate of drug-likeness (QED) is 0.309. The second kappa shape index (κ2) is 9.63. The second-order valence-corrected chi connectivity index (χ2v) is 10.3. The monoisotopic (exact) mass is 525 g/mol. The number of nitro groups is 1. The third-order valence-electron chi connectivity index (χ3n) is 8.02. The van der Waals surface area contributed by atoms with Gasteiger partial charge in [0.05, 0.1) is 17.5 Å². The summed E-state index contributed by atoms with van der Waals surface area (Å²) in [6, 6.07) is 22.4. The molecule has 3 aromatic rings. The minimum Gasteiger partial charge on any atom is -0.364 e. The smallest absolute Gasteiger partial charge is 0.331 e. The van der Waals surface area contributed by atoms with Crippen LogP contribution >= 0.6 is 0 Å². The van der Waals surface area contributed by atoms with Gasteiger partial charge in [0.1, 0.15) is 0 Å². The van der Waals surface area contributed by atoms with E-state index in [4.69, 9.17) is 0 Å². The maximum Gasteiger partial charge on any atom is 0.331 e. The number of hydrogen-bond acceptors (Lipinski definition) is 7. The van der Waals surface area contributed by atoms with E-state index in [1.807, 2.05) is 65.6 Å². The lowest BCUT2D eigenvalue weighted by atomic mass is 9.67. The number of carbonyl (C=O) groups excluding carboxylic acids is 3. The molecule has 0 bridgehead atoms. The van der Waals surface area contributed by atoms with E-state index < -0.39 is 34.2 Å². The molecule has 10 nitrogen and oxygen atoms in total. The highest BCUT2D eigenvalue weighted by Gasteiger charge is 2.62. The zero-order chi connectivity index (χ0) is 27.1. The molecule has 4 amide bonds. The van der Waals surface area contributed by atoms with Crippen molar-refractivity contribution in [1.29, 1.82) is 0 Å². The molecule has 198 valence electrons. The zero-order valence-electron chi connectivity index (χ0n) is 21.2. The van der Waals surface area contributed by atoms with Crippen molar-refractivity contribution in [2.45, 2.75) is 25.6 Å². The van der Waals surface area contributed by atoms with E-state index in [2.05, 4.69) is 10.2 Å². The van der Waals surface area contributed by atoms with Crippen molar-refractivity contribution in [2.75, 3.05) is 24.5 Å². The molecule has 3 aliphatic rings. The molecule has 0 unspecified atom stereocenters. The maximum absolute atomic E-state index is 14.3. The highest BCUT2D eigenvalue weighted by Crippen LogP contribution is 2.46. The molecule has 2 saturated heterocycles. The summed E-state index contributed by atoms with van der Waals surface area (Å²) in [6.07, 6.45) is -0.0341. The van der Waals surface area contributed by atoms with Gasteiger partial charge in [-0.05, 0) is 22.8 Å². The van der Waals surface area contributed by atoms with Crippen molar-refractivity contribution >= 4 is 29.2 Å². The molecule has 2 fully saturated rings. The number of barbiturate groups is 1. The molecule has 0 radical (unpaired) electrons. The Morgan fingerprint density at radius 2 is 1.56 bits per heavy atom. The van der Waals surface area contributed by atoms with Crippen molar-refractivity contribution in [1.82, 2.24) is 15.1 Å². The van der Waals surface area contributed by atoms with Gasteiger partial charge < -0.3 is 4.90 Å². The van der Waals surface area contributed by atoms with E-state index in [0.717, 1.165) is 21.7 Å². The lowest BCUT2D eigenvalue weighted by molar-refractivity contribution is -0.384. The average molecular weight is 526 g/mol. The van der Waals surface area contributed by atoms with Crippen LogP contribution in [0.3, 0.4) is 0 Å². The molecular formula is C29H27N5O5. The van der Waals surface area contributed by atoms with Crippen molar-refractivity contribution in [3.05, 3.63) is 106 Å². The highest BCUT2D eigenvalue weighted by atomic mass is 16.6. The average Bonchev–Trinajstić information content (AvgIpc) is 2.95. The number of nitrogens with one attached hydrogen (secondary N) is 1. The largest absolute Gasteiger partial charge is 0.364 e. The molecule has 6 rings (SSSR count). The van der Waals surface area contributed by atoms with Gasteiger partial charge in [-0.15, -0.1) is 0 Å². The molecular weight excluding hydrogens is 498 g/mol.